The van der Waals surface area contributed by atoms with Crippen LogP contribution in [0.5, 0.6) is 0 Å². The summed E-state index contributed by atoms with van der Waals surface area (Å²) in [4.78, 5) is 10.7. The lowest BCUT2D eigenvalue weighted by Crippen LogP contribution is -2.36. The van der Waals surface area contributed by atoms with Crippen LogP contribution in [0.3, 0.4) is 0 Å². The second kappa shape index (κ2) is 11.0. The number of halogens is 2. The second-order valence-corrected chi connectivity index (χ2v) is 9.54. The van der Waals surface area contributed by atoms with Crippen LogP contribution in [0.4, 0.5) is 10.3 Å². The first kappa shape index (κ1) is 25.3. The fourth-order valence-corrected chi connectivity index (χ4v) is 4.79. The van der Waals surface area contributed by atoms with E-state index in [0.717, 1.165) is 17.6 Å². The topological polar surface area (TPSA) is 109 Å². The number of rotatable bonds is 7. The molecular formula is C26H28ClFN6O3. The molecule has 4 heterocycles. The lowest BCUT2D eigenvalue weighted by atomic mass is 9.97. The summed E-state index contributed by atoms with van der Waals surface area (Å²) in [5, 5.41) is 28.2. The molecule has 9 nitrogen and oxygen atoms in total. The predicted octanol–water partition coefficient (Wildman–Crippen LogP) is 3.28. The molecule has 194 valence electrons. The van der Waals surface area contributed by atoms with E-state index in [4.69, 9.17) is 16.3 Å². The first-order valence-corrected chi connectivity index (χ1v) is 12.4. The summed E-state index contributed by atoms with van der Waals surface area (Å²) >= 11 is 5.91. The van der Waals surface area contributed by atoms with Crippen molar-refractivity contribution in [2.24, 2.45) is 7.05 Å². The van der Waals surface area contributed by atoms with Crippen molar-refractivity contribution in [3.63, 3.8) is 0 Å². The maximum atomic E-state index is 14.4. The van der Waals surface area contributed by atoms with Crippen LogP contribution in [-0.4, -0.2) is 66.4 Å². The van der Waals surface area contributed by atoms with Crippen molar-refractivity contribution >= 4 is 23.1 Å². The zero-order valence-electron chi connectivity index (χ0n) is 20.2. The van der Waals surface area contributed by atoms with Crippen LogP contribution in [-0.2, 0) is 11.8 Å². The third-order valence-corrected chi connectivity index (χ3v) is 6.82. The first-order valence-electron chi connectivity index (χ1n) is 12.0. The van der Waals surface area contributed by atoms with Gasteiger partial charge in [0.2, 0.25) is 5.95 Å². The Bertz CT molecular complexity index is 1310. The molecule has 3 N–H and O–H groups in total. The van der Waals surface area contributed by atoms with E-state index in [-0.39, 0.29) is 23.8 Å². The van der Waals surface area contributed by atoms with Crippen molar-refractivity contribution < 1.29 is 19.3 Å². The van der Waals surface area contributed by atoms with Crippen LogP contribution >= 0.6 is 11.6 Å². The maximum Gasteiger partial charge on any atom is 0.223 e. The SMILES string of the molecule is Cn1cc(C(c2ccc(Cl)c(F)c2)N2C=CC(c3ccnc(NC4CCOC(CO)C4)n3)=CC2O)cn1. The number of aromatic nitrogens is 4. The van der Waals surface area contributed by atoms with E-state index in [1.54, 1.807) is 53.4 Å². The summed E-state index contributed by atoms with van der Waals surface area (Å²) in [7, 11) is 1.80. The molecule has 1 aromatic carbocycles. The number of nitrogens with zero attached hydrogens (tertiary/aromatic N) is 5. The summed E-state index contributed by atoms with van der Waals surface area (Å²) in [6, 6.07) is 5.99. The molecule has 11 heteroatoms. The summed E-state index contributed by atoms with van der Waals surface area (Å²) in [5.74, 6) is -0.0622. The molecule has 0 spiro atoms. The summed E-state index contributed by atoms with van der Waals surface area (Å²) in [5.41, 5.74) is 2.79. The Morgan fingerprint density at radius 1 is 1.30 bits per heavy atom. The molecule has 0 radical (unpaired) electrons. The van der Waals surface area contributed by atoms with Crippen LogP contribution in [0.1, 0.15) is 35.7 Å². The number of allylic oxidation sites excluding steroid dienone is 2. The molecule has 0 bridgehead atoms. The fourth-order valence-electron chi connectivity index (χ4n) is 4.68. The smallest absolute Gasteiger partial charge is 0.223 e. The van der Waals surface area contributed by atoms with Gasteiger partial charge in [0.1, 0.15) is 12.0 Å². The standard InChI is InChI=1S/C26H28ClFN6O3/c1-33-14-18(13-30-33)25(17-2-3-21(27)22(28)10-17)34-8-5-16(11-24(34)36)23-4-7-29-26(32-23)31-19-6-9-37-20(12-19)15-35/h2-5,7-8,10-11,13-14,19-20,24-25,35-36H,6,9,12,15H2,1H3,(H,29,31,32). The van der Waals surface area contributed by atoms with E-state index >= 15 is 0 Å². The van der Waals surface area contributed by atoms with E-state index < -0.39 is 18.1 Å². The number of aliphatic hydroxyl groups is 2. The van der Waals surface area contributed by atoms with E-state index in [9.17, 15) is 14.6 Å². The zero-order valence-corrected chi connectivity index (χ0v) is 21.0. The Labute approximate surface area is 218 Å². The Hall–Kier alpha value is -3.31. The number of nitrogens with one attached hydrogen (secondary N) is 1. The summed E-state index contributed by atoms with van der Waals surface area (Å²) in [6.07, 6.45) is 10.7. The average Bonchev–Trinajstić information content (AvgIpc) is 3.33. The van der Waals surface area contributed by atoms with Gasteiger partial charge in [0.15, 0.2) is 0 Å². The molecule has 5 rings (SSSR count). The number of hydrogen-bond acceptors (Lipinski definition) is 8. The minimum atomic E-state index is -1.02. The van der Waals surface area contributed by atoms with Crippen LogP contribution in [0.2, 0.25) is 5.02 Å². The van der Waals surface area contributed by atoms with Gasteiger partial charge in [-0.2, -0.15) is 5.10 Å². The van der Waals surface area contributed by atoms with E-state index in [2.05, 4.69) is 20.4 Å². The van der Waals surface area contributed by atoms with Crippen molar-refractivity contribution in [3.05, 3.63) is 88.9 Å². The number of benzene rings is 1. The molecule has 1 saturated heterocycles. The summed E-state index contributed by atoms with van der Waals surface area (Å²) < 4.78 is 21.5. The van der Waals surface area contributed by atoms with Gasteiger partial charge in [-0.25, -0.2) is 14.4 Å². The van der Waals surface area contributed by atoms with Crippen LogP contribution in [0.25, 0.3) is 5.57 Å². The second-order valence-electron chi connectivity index (χ2n) is 9.13. The monoisotopic (exact) mass is 526 g/mol. The number of aryl methyl sites for hydroxylation is 1. The highest BCUT2D eigenvalue weighted by atomic mass is 35.5. The molecule has 4 unspecified atom stereocenters. The lowest BCUT2D eigenvalue weighted by molar-refractivity contribution is -0.0213. The third-order valence-electron chi connectivity index (χ3n) is 6.51. The highest BCUT2D eigenvalue weighted by Crippen LogP contribution is 2.35. The minimum Gasteiger partial charge on any atom is -0.394 e. The molecule has 37 heavy (non-hydrogen) atoms. The largest absolute Gasteiger partial charge is 0.394 e. The fraction of sp³-hybridized carbons (Fsp3) is 0.346. The van der Waals surface area contributed by atoms with E-state index in [1.165, 1.54) is 12.1 Å². The van der Waals surface area contributed by atoms with Crippen molar-refractivity contribution in [1.82, 2.24) is 24.6 Å². The van der Waals surface area contributed by atoms with Crippen molar-refractivity contribution in [3.8, 4) is 0 Å². The molecule has 2 aliphatic rings. The Kier molecular flexibility index (Phi) is 7.52. The molecule has 4 atom stereocenters. The number of hydrogen-bond donors (Lipinski definition) is 3. The van der Waals surface area contributed by atoms with Gasteiger partial charge in [0, 0.05) is 49.4 Å². The van der Waals surface area contributed by atoms with Gasteiger partial charge in [0.05, 0.1) is 35.7 Å². The first-order chi connectivity index (χ1) is 17.9. The normalized spacial score (nSPS) is 22.6. The highest BCUT2D eigenvalue weighted by molar-refractivity contribution is 6.30. The number of aliphatic hydroxyl groups excluding tert-OH is 2. The maximum absolute atomic E-state index is 14.4. The molecular weight excluding hydrogens is 499 g/mol. The van der Waals surface area contributed by atoms with Gasteiger partial charge in [-0.1, -0.05) is 17.7 Å². The van der Waals surface area contributed by atoms with Gasteiger partial charge >= 0.3 is 0 Å². The van der Waals surface area contributed by atoms with Crippen LogP contribution < -0.4 is 5.32 Å². The van der Waals surface area contributed by atoms with Crippen LogP contribution in [0, 0.1) is 5.82 Å². The van der Waals surface area contributed by atoms with Crippen molar-refractivity contribution in [1.29, 1.82) is 0 Å². The zero-order chi connectivity index (χ0) is 25.9. The molecule has 0 saturated carbocycles. The number of ether oxygens (including phenoxy) is 1. The Morgan fingerprint density at radius 2 is 2.16 bits per heavy atom. The predicted molar refractivity (Wildman–Crippen MR) is 137 cm³/mol. The quantitative estimate of drug-likeness (QED) is 0.430. The third kappa shape index (κ3) is 5.67. The van der Waals surface area contributed by atoms with Gasteiger partial charge in [-0.3, -0.25) is 4.68 Å². The number of anilines is 1. The minimum absolute atomic E-state index is 0.0200. The molecule has 2 aliphatic heterocycles. The molecule has 2 aromatic heterocycles. The van der Waals surface area contributed by atoms with Gasteiger partial charge in [-0.15, -0.1) is 0 Å². The van der Waals surface area contributed by atoms with Gasteiger partial charge < -0.3 is 25.2 Å². The molecule has 1 fully saturated rings. The molecule has 0 amide bonds. The molecule has 0 aliphatic carbocycles. The van der Waals surface area contributed by atoms with E-state index in [1.807, 2.05) is 12.3 Å². The van der Waals surface area contributed by atoms with Crippen molar-refractivity contribution in [2.45, 2.75) is 37.3 Å². The van der Waals surface area contributed by atoms with Crippen molar-refractivity contribution in [2.75, 3.05) is 18.5 Å². The summed E-state index contributed by atoms with van der Waals surface area (Å²) in [6.45, 7) is 0.544. The average molecular weight is 527 g/mol. The molecule has 3 aromatic rings. The van der Waals surface area contributed by atoms with Gasteiger partial charge in [-0.05, 0) is 48.8 Å². The van der Waals surface area contributed by atoms with Crippen LogP contribution in [0.15, 0.2) is 61.2 Å². The van der Waals surface area contributed by atoms with E-state index in [0.29, 0.717) is 30.2 Å². The Balaban J connectivity index is 1.38. The van der Waals surface area contributed by atoms with Gasteiger partial charge in [0.25, 0.3) is 0 Å². The Morgan fingerprint density at radius 3 is 2.89 bits per heavy atom. The lowest BCUT2D eigenvalue weighted by Gasteiger charge is -2.35. The highest BCUT2D eigenvalue weighted by Gasteiger charge is 2.29.